The second-order valence-corrected chi connectivity index (χ2v) is 6.51. The molecule has 0 aliphatic heterocycles. The molecule has 1 amide bonds. The van der Waals surface area contributed by atoms with Crippen LogP contribution >= 0.6 is 0 Å². The molecule has 6 nitrogen and oxygen atoms in total. The van der Waals surface area contributed by atoms with Gasteiger partial charge in [-0.15, -0.1) is 5.10 Å². The van der Waals surface area contributed by atoms with Crippen LogP contribution in [0.1, 0.15) is 20.3 Å². The molecule has 0 radical (unpaired) electrons. The number of ether oxygens (including phenoxy) is 1. The lowest BCUT2D eigenvalue weighted by molar-refractivity contribution is -0.116. The lowest BCUT2D eigenvalue weighted by Crippen LogP contribution is -2.14. The number of nitrogens with one attached hydrogen (secondary N) is 1. The molecule has 2 aromatic carbocycles. The first-order valence-corrected chi connectivity index (χ1v) is 8.64. The van der Waals surface area contributed by atoms with Crippen molar-refractivity contribution in [3.8, 4) is 23.1 Å². The summed E-state index contributed by atoms with van der Waals surface area (Å²) < 4.78 is 20.9. The van der Waals surface area contributed by atoms with Crippen LogP contribution in [0.15, 0.2) is 48.5 Å². The zero-order valence-corrected chi connectivity index (χ0v) is 15.4. The van der Waals surface area contributed by atoms with Gasteiger partial charge in [-0.25, -0.2) is 9.07 Å². The van der Waals surface area contributed by atoms with Gasteiger partial charge >= 0.3 is 6.01 Å². The van der Waals surface area contributed by atoms with Crippen LogP contribution < -0.4 is 10.1 Å². The van der Waals surface area contributed by atoms with Gasteiger partial charge in [0.1, 0.15) is 5.82 Å². The van der Waals surface area contributed by atoms with Crippen molar-refractivity contribution < 1.29 is 13.9 Å². The smallest absolute Gasteiger partial charge is 0.336 e. The van der Waals surface area contributed by atoms with Crippen LogP contribution in [0, 0.1) is 11.7 Å². The van der Waals surface area contributed by atoms with Crippen LogP contribution in [0.3, 0.4) is 0 Å². The van der Waals surface area contributed by atoms with Gasteiger partial charge in [0, 0.05) is 12.1 Å². The first-order chi connectivity index (χ1) is 13.0. The van der Waals surface area contributed by atoms with E-state index >= 15 is 0 Å². The van der Waals surface area contributed by atoms with E-state index in [4.69, 9.17) is 4.74 Å². The quantitative estimate of drug-likeness (QED) is 0.712. The predicted molar refractivity (Wildman–Crippen MR) is 101 cm³/mol. The van der Waals surface area contributed by atoms with Crippen LogP contribution in [-0.2, 0) is 4.79 Å². The van der Waals surface area contributed by atoms with Gasteiger partial charge in [0.25, 0.3) is 0 Å². The molecule has 0 spiro atoms. The third-order valence-corrected chi connectivity index (χ3v) is 3.85. The molecule has 3 rings (SSSR count). The first kappa shape index (κ1) is 18.6. The Morgan fingerprint density at radius 1 is 1.22 bits per heavy atom. The topological polar surface area (TPSA) is 69.0 Å². The van der Waals surface area contributed by atoms with Crippen molar-refractivity contribution >= 4 is 11.6 Å². The first-order valence-electron chi connectivity index (χ1n) is 8.64. The molecule has 0 aliphatic rings. The molecule has 1 N–H and O–H groups in total. The van der Waals surface area contributed by atoms with E-state index < -0.39 is 5.82 Å². The zero-order chi connectivity index (χ0) is 19.4. The second kappa shape index (κ2) is 7.99. The number of methoxy groups -OCH3 is 1. The minimum Gasteiger partial charge on any atom is -0.466 e. The predicted octanol–water partition coefficient (Wildman–Crippen LogP) is 4.07. The molecule has 0 fully saturated rings. The Kier molecular flexibility index (Phi) is 5.49. The average Bonchev–Trinajstić information content (AvgIpc) is 3.06. The normalized spacial score (nSPS) is 10.9. The molecule has 0 aliphatic carbocycles. The van der Waals surface area contributed by atoms with Crippen LogP contribution in [0.25, 0.3) is 17.1 Å². The Labute approximate surface area is 157 Å². The number of carbonyl (C=O) groups excluding carboxylic acids is 1. The van der Waals surface area contributed by atoms with Gasteiger partial charge in [0.15, 0.2) is 5.82 Å². The molecule has 7 heteroatoms. The van der Waals surface area contributed by atoms with Crippen LogP contribution in [-0.4, -0.2) is 27.8 Å². The fourth-order valence-corrected chi connectivity index (χ4v) is 2.67. The lowest BCUT2D eigenvalue weighted by atomic mass is 10.1. The largest absolute Gasteiger partial charge is 0.466 e. The number of aromatic nitrogens is 3. The number of amides is 1. The highest BCUT2D eigenvalue weighted by atomic mass is 19.1. The van der Waals surface area contributed by atoms with E-state index in [0.29, 0.717) is 29.2 Å². The number of rotatable bonds is 6. The van der Waals surface area contributed by atoms with Crippen LogP contribution in [0.5, 0.6) is 6.01 Å². The highest BCUT2D eigenvalue weighted by molar-refractivity contribution is 5.91. The van der Waals surface area contributed by atoms with Gasteiger partial charge in [0.2, 0.25) is 5.91 Å². The molecule has 27 heavy (non-hydrogen) atoms. The number of benzene rings is 2. The second-order valence-electron chi connectivity index (χ2n) is 6.51. The number of hydrogen-bond donors (Lipinski definition) is 1. The van der Waals surface area contributed by atoms with Crippen molar-refractivity contribution in [2.75, 3.05) is 12.4 Å². The summed E-state index contributed by atoms with van der Waals surface area (Å²) in [6.07, 6.45) is 0.432. The Balaban J connectivity index is 1.99. The molecular weight excluding hydrogens is 347 g/mol. The molecule has 0 bridgehead atoms. The number of carbonyl (C=O) groups is 1. The van der Waals surface area contributed by atoms with Crippen molar-refractivity contribution in [2.45, 2.75) is 20.3 Å². The fraction of sp³-hybridized carbons (Fsp3) is 0.250. The highest BCUT2D eigenvalue weighted by Crippen LogP contribution is 2.26. The fourth-order valence-electron chi connectivity index (χ4n) is 2.67. The number of halogens is 1. The van der Waals surface area contributed by atoms with E-state index in [1.807, 2.05) is 13.8 Å². The minimum atomic E-state index is -0.407. The maximum Gasteiger partial charge on any atom is 0.336 e. The Bertz CT molecular complexity index is 953. The summed E-state index contributed by atoms with van der Waals surface area (Å²) in [5.74, 6) is 0.110. The molecule has 0 unspecified atom stereocenters. The number of hydrogen-bond acceptors (Lipinski definition) is 4. The summed E-state index contributed by atoms with van der Waals surface area (Å²) >= 11 is 0. The van der Waals surface area contributed by atoms with Gasteiger partial charge in [-0.2, -0.15) is 4.98 Å². The SMILES string of the molecule is COc1nc(-c2ccccc2F)n(-c2cccc(NC(=O)CC(C)C)c2)n1. The van der Waals surface area contributed by atoms with E-state index in [1.165, 1.54) is 17.9 Å². The summed E-state index contributed by atoms with van der Waals surface area (Å²) in [6.45, 7) is 3.97. The third kappa shape index (κ3) is 4.31. The van der Waals surface area contributed by atoms with Crippen molar-refractivity contribution in [1.82, 2.24) is 14.8 Å². The number of nitrogens with zero attached hydrogens (tertiary/aromatic N) is 3. The van der Waals surface area contributed by atoms with Crippen molar-refractivity contribution in [1.29, 1.82) is 0 Å². The Morgan fingerprint density at radius 3 is 2.70 bits per heavy atom. The maximum absolute atomic E-state index is 14.3. The lowest BCUT2D eigenvalue weighted by Gasteiger charge is -2.10. The Morgan fingerprint density at radius 2 is 2.00 bits per heavy atom. The van der Waals surface area contributed by atoms with E-state index in [1.54, 1.807) is 42.5 Å². The summed E-state index contributed by atoms with van der Waals surface area (Å²) in [4.78, 5) is 16.3. The van der Waals surface area contributed by atoms with Gasteiger partial charge in [-0.3, -0.25) is 4.79 Å². The minimum absolute atomic E-state index is 0.0624. The van der Waals surface area contributed by atoms with Gasteiger partial charge < -0.3 is 10.1 Å². The maximum atomic E-state index is 14.3. The number of anilines is 1. The van der Waals surface area contributed by atoms with Gasteiger partial charge in [-0.1, -0.05) is 32.0 Å². The summed E-state index contributed by atoms with van der Waals surface area (Å²) in [5.41, 5.74) is 1.57. The van der Waals surface area contributed by atoms with E-state index in [9.17, 15) is 9.18 Å². The zero-order valence-electron chi connectivity index (χ0n) is 15.4. The van der Waals surface area contributed by atoms with E-state index in [-0.39, 0.29) is 17.8 Å². The summed E-state index contributed by atoms with van der Waals surface area (Å²) in [7, 11) is 1.45. The third-order valence-electron chi connectivity index (χ3n) is 3.85. The molecule has 1 heterocycles. The molecule has 0 saturated heterocycles. The summed E-state index contributed by atoms with van der Waals surface area (Å²) in [6, 6.07) is 13.6. The Hall–Kier alpha value is -3.22. The molecule has 140 valence electrons. The van der Waals surface area contributed by atoms with Gasteiger partial charge in [-0.05, 0) is 36.2 Å². The average molecular weight is 368 g/mol. The summed E-state index contributed by atoms with van der Waals surface area (Å²) in [5, 5.41) is 7.16. The van der Waals surface area contributed by atoms with Crippen molar-refractivity contribution in [2.24, 2.45) is 5.92 Å². The standard InChI is InChI=1S/C20H21FN4O2/c1-13(2)11-18(26)22-14-7-6-8-15(12-14)25-19(23-20(24-25)27-3)16-9-4-5-10-17(16)21/h4-10,12-13H,11H2,1-3H3,(H,22,26). The molecular formula is C20H21FN4O2. The van der Waals surface area contributed by atoms with Crippen molar-refractivity contribution in [3.05, 3.63) is 54.3 Å². The highest BCUT2D eigenvalue weighted by Gasteiger charge is 2.17. The van der Waals surface area contributed by atoms with Crippen LogP contribution in [0.4, 0.5) is 10.1 Å². The molecule has 0 saturated carbocycles. The van der Waals surface area contributed by atoms with Gasteiger partial charge in [0.05, 0.1) is 18.4 Å². The molecule has 0 atom stereocenters. The van der Waals surface area contributed by atoms with Crippen molar-refractivity contribution in [3.63, 3.8) is 0 Å². The molecule has 3 aromatic rings. The van der Waals surface area contributed by atoms with Crippen LogP contribution in [0.2, 0.25) is 0 Å². The van der Waals surface area contributed by atoms with E-state index in [2.05, 4.69) is 15.4 Å². The monoisotopic (exact) mass is 368 g/mol. The van der Waals surface area contributed by atoms with E-state index in [0.717, 1.165) is 0 Å². The molecule has 1 aromatic heterocycles.